The molecule has 1 N–H and O–H groups in total. The lowest BCUT2D eigenvalue weighted by molar-refractivity contribution is -0.120. The highest BCUT2D eigenvalue weighted by Crippen LogP contribution is 2.30. The van der Waals surface area contributed by atoms with Gasteiger partial charge in [-0.15, -0.1) is 4.40 Å². The lowest BCUT2D eigenvalue weighted by atomic mass is 9.95. The van der Waals surface area contributed by atoms with Crippen molar-refractivity contribution in [3.05, 3.63) is 53.9 Å². The third-order valence-electron chi connectivity index (χ3n) is 5.54. The molecule has 5 rings (SSSR count). The van der Waals surface area contributed by atoms with Gasteiger partial charge in [-0.3, -0.25) is 4.79 Å². The Hall–Kier alpha value is -3.20. The Morgan fingerprint density at radius 1 is 1.17 bits per heavy atom. The third-order valence-corrected chi connectivity index (χ3v) is 6.86. The van der Waals surface area contributed by atoms with Crippen LogP contribution in [0.5, 0.6) is 0 Å². The van der Waals surface area contributed by atoms with Crippen molar-refractivity contribution >= 4 is 38.6 Å². The number of oxazole rings is 1. The number of carbonyl (C=O) groups is 1. The van der Waals surface area contributed by atoms with E-state index in [1.54, 1.807) is 43.3 Å². The molecule has 0 atom stereocenters. The summed E-state index contributed by atoms with van der Waals surface area (Å²) in [5.41, 5.74) is 2.71. The quantitative estimate of drug-likeness (QED) is 0.678. The Balaban J connectivity index is 1.26. The first-order valence-corrected chi connectivity index (χ1v) is 11.2. The number of sulfonamides is 1. The van der Waals surface area contributed by atoms with Crippen LogP contribution in [0.3, 0.4) is 0 Å². The van der Waals surface area contributed by atoms with Crippen LogP contribution in [0.25, 0.3) is 11.1 Å². The van der Waals surface area contributed by atoms with E-state index in [4.69, 9.17) is 4.42 Å². The van der Waals surface area contributed by atoms with Crippen molar-refractivity contribution < 1.29 is 17.6 Å². The first kappa shape index (κ1) is 18.8. The molecule has 30 heavy (non-hydrogen) atoms. The minimum absolute atomic E-state index is 0.0457. The monoisotopic (exact) mass is 424 g/mol. The van der Waals surface area contributed by atoms with Crippen LogP contribution in [0.15, 0.2) is 56.2 Å². The van der Waals surface area contributed by atoms with Crippen LogP contribution < -0.4 is 5.32 Å². The smallest absolute Gasteiger partial charge is 0.285 e. The SMILES string of the molecule is Cc1nc2cc(NC(=O)C3CCN(C4=NS(=O)(=O)c5ccccc54)CC3)ccc2o1. The van der Waals surface area contributed by atoms with E-state index in [2.05, 4.69) is 14.7 Å². The van der Waals surface area contributed by atoms with E-state index in [-0.39, 0.29) is 16.7 Å². The number of rotatable bonds is 2. The number of amides is 1. The Bertz CT molecular complexity index is 1290. The van der Waals surface area contributed by atoms with Gasteiger partial charge >= 0.3 is 0 Å². The number of nitrogens with zero attached hydrogens (tertiary/aromatic N) is 3. The van der Waals surface area contributed by atoms with E-state index < -0.39 is 10.0 Å². The second kappa shape index (κ2) is 6.94. The minimum Gasteiger partial charge on any atom is -0.441 e. The van der Waals surface area contributed by atoms with E-state index in [0.717, 1.165) is 0 Å². The molecule has 0 bridgehead atoms. The number of fused-ring (bicyclic) bond motifs is 2. The molecule has 8 nitrogen and oxygen atoms in total. The summed E-state index contributed by atoms with van der Waals surface area (Å²) in [6, 6.07) is 12.3. The maximum atomic E-state index is 12.7. The number of piperidine rings is 1. The van der Waals surface area contributed by atoms with E-state index in [0.29, 0.717) is 60.0 Å². The molecule has 1 saturated heterocycles. The second-order valence-corrected chi connectivity index (χ2v) is 9.12. The zero-order valence-corrected chi connectivity index (χ0v) is 17.1. The van der Waals surface area contributed by atoms with Crippen LogP contribution in [0, 0.1) is 12.8 Å². The van der Waals surface area contributed by atoms with Gasteiger partial charge in [0.05, 0.1) is 0 Å². The van der Waals surface area contributed by atoms with Crippen LogP contribution >= 0.6 is 0 Å². The van der Waals surface area contributed by atoms with Crippen LogP contribution in [0.2, 0.25) is 0 Å². The first-order valence-electron chi connectivity index (χ1n) is 9.78. The number of benzene rings is 2. The summed E-state index contributed by atoms with van der Waals surface area (Å²) in [5, 5.41) is 2.96. The largest absolute Gasteiger partial charge is 0.441 e. The van der Waals surface area contributed by atoms with Gasteiger partial charge in [-0.05, 0) is 43.2 Å². The van der Waals surface area contributed by atoms with E-state index in [1.807, 2.05) is 11.0 Å². The molecule has 1 fully saturated rings. The van der Waals surface area contributed by atoms with Gasteiger partial charge in [-0.1, -0.05) is 12.1 Å². The number of hydrogen-bond donors (Lipinski definition) is 1. The fourth-order valence-electron chi connectivity index (χ4n) is 4.03. The van der Waals surface area contributed by atoms with Crippen molar-refractivity contribution in [2.75, 3.05) is 18.4 Å². The van der Waals surface area contributed by atoms with Crippen molar-refractivity contribution in [1.29, 1.82) is 0 Å². The standard InChI is InChI=1S/C21H20N4O4S/c1-13-22-17-12-15(6-7-18(17)29-13)23-21(26)14-8-10-25(11-9-14)20-16-4-2-3-5-19(16)30(27,28)24-20/h2-7,12,14H,8-11H2,1H3,(H,23,26). The Morgan fingerprint density at radius 2 is 1.93 bits per heavy atom. The van der Waals surface area contributed by atoms with Crippen LogP contribution in [-0.4, -0.2) is 43.1 Å². The average Bonchev–Trinajstić information content (AvgIpc) is 3.24. The minimum atomic E-state index is -3.64. The summed E-state index contributed by atoms with van der Waals surface area (Å²) in [5.74, 6) is 0.871. The molecule has 0 spiro atoms. The Morgan fingerprint density at radius 3 is 2.73 bits per heavy atom. The van der Waals surface area contributed by atoms with Crippen molar-refractivity contribution in [2.45, 2.75) is 24.7 Å². The van der Waals surface area contributed by atoms with Crippen molar-refractivity contribution in [1.82, 2.24) is 9.88 Å². The number of hydrogen-bond acceptors (Lipinski definition) is 6. The molecule has 3 heterocycles. The lowest BCUT2D eigenvalue weighted by Gasteiger charge is -2.32. The molecule has 0 radical (unpaired) electrons. The van der Waals surface area contributed by atoms with Gasteiger partial charge in [0.25, 0.3) is 10.0 Å². The molecule has 0 unspecified atom stereocenters. The highest BCUT2D eigenvalue weighted by atomic mass is 32.2. The highest BCUT2D eigenvalue weighted by molar-refractivity contribution is 7.90. The maximum Gasteiger partial charge on any atom is 0.285 e. The first-order chi connectivity index (χ1) is 14.4. The summed E-state index contributed by atoms with van der Waals surface area (Å²) in [4.78, 5) is 19.2. The van der Waals surface area contributed by atoms with E-state index >= 15 is 0 Å². The fraction of sp³-hybridized carbons (Fsp3) is 0.286. The lowest BCUT2D eigenvalue weighted by Crippen LogP contribution is -2.41. The van der Waals surface area contributed by atoms with Gasteiger partial charge in [0.15, 0.2) is 17.3 Å². The molecule has 2 aromatic carbocycles. The second-order valence-electron chi connectivity index (χ2n) is 7.55. The summed E-state index contributed by atoms with van der Waals surface area (Å²) in [6.45, 7) is 2.93. The van der Waals surface area contributed by atoms with Gasteiger partial charge in [0, 0.05) is 37.2 Å². The Kier molecular flexibility index (Phi) is 4.35. The average molecular weight is 424 g/mol. The number of nitrogens with one attached hydrogen (secondary N) is 1. The zero-order valence-electron chi connectivity index (χ0n) is 16.3. The highest BCUT2D eigenvalue weighted by Gasteiger charge is 2.34. The number of anilines is 1. The van der Waals surface area contributed by atoms with Crippen LogP contribution in [-0.2, 0) is 14.8 Å². The molecule has 0 aliphatic carbocycles. The summed E-state index contributed by atoms with van der Waals surface area (Å²) in [6.07, 6.45) is 1.25. The molecule has 9 heteroatoms. The molecule has 2 aliphatic rings. The number of aryl methyl sites for hydroxylation is 1. The van der Waals surface area contributed by atoms with Crippen molar-refractivity contribution in [3.8, 4) is 0 Å². The topological polar surface area (TPSA) is 105 Å². The molecule has 0 saturated carbocycles. The molecular formula is C21H20N4O4S. The van der Waals surface area contributed by atoms with Gasteiger partial charge in [0.1, 0.15) is 10.4 Å². The number of carbonyl (C=O) groups excluding carboxylic acids is 1. The molecule has 2 aliphatic heterocycles. The normalized spacial score (nSPS) is 18.3. The molecule has 3 aromatic rings. The van der Waals surface area contributed by atoms with Crippen molar-refractivity contribution in [2.24, 2.45) is 10.3 Å². The molecule has 1 amide bonds. The molecule has 1 aromatic heterocycles. The van der Waals surface area contributed by atoms with Crippen LogP contribution in [0.1, 0.15) is 24.3 Å². The van der Waals surface area contributed by atoms with E-state index in [1.165, 1.54) is 0 Å². The summed E-state index contributed by atoms with van der Waals surface area (Å²) < 4.78 is 34.0. The van der Waals surface area contributed by atoms with Gasteiger partial charge in [0.2, 0.25) is 5.91 Å². The number of amidine groups is 1. The molecular weight excluding hydrogens is 404 g/mol. The molecule has 154 valence electrons. The van der Waals surface area contributed by atoms with Gasteiger partial charge in [-0.25, -0.2) is 4.98 Å². The summed E-state index contributed by atoms with van der Waals surface area (Å²) in [7, 11) is -3.64. The Labute approximate surface area is 173 Å². The number of aromatic nitrogens is 1. The van der Waals surface area contributed by atoms with Crippen LogP contribution in [0.4, 0.5) is 5.69 Å². The summed E-state index contributed by atoms with van der Waals surface area (Å²) >= 11 is 0. The van der Waals surface area contributed by atoms with Gasteiger partial charge in [-0.2, -0.15) is 8.42 Å². The number of likely N-dealkylation sites (tertiary alicyclic amines) is 1. The van der Waals surface area contributed by atoms with Gasteiger partial charge < -0.3 is 14.6 Å². The fourth-order valence-corrected chi connectivity index (χ4v) is 5.26. The maximum absolute atomic E-state index is 12.7. The third kappa shape index (κ3) is 3.24. The van der Waals surface area contributed by atoms with Crippen molar-refractivity contribution in [3.63, 3.8) is 0 Å². The van der Waals surface area contributed by atoms with E-state index in [9.17, 15) is 13.2 Å². The predicted octanol–water partition coefficient (Wildman–Crippen LogP) is 2.94. The zero-order chi connectivity index (χ0) is 20.9. The predicted molar refractivity (Wildman–Crippen MR) is 112 cm³/mol.